The molecule has 1 amide bonds. The summed E-state index contributed by atoms with van der Waals surface area (Å²) in [6, 6.07) is 0. The summed E-state index contributed by atoms with van der Waals surface area (Å²) in [7, 11) is 1.42. The van der Waals surface area contributed by atoms with Crippen molar-refractivity contribution in [2.45, 2.75) is 18.4 Å². The highest BCUT2D eigenvalue weighted by molar-refractivity contribution is 8.00. The van der Waals surface area contributed by atoms with E-state index < -0.39 is 18.0 Å². The molecule has 1 N–H and O–H groups in total. The lowest BCUT2D eigenvalue weighted by atomic mass is 10.1. The summed E-state index contributed by atoms with van der Waals surface area (Å²) in [5.74, 6) is -1.68. The van der Waals surface area contributed by atoms with Crippen molar-refractivity contribution in [2.75, 3.05) is 19.5 Å². The van der Waals surface area contributed by atoms with Gasteiger partial charge in [-0.1, -0.05) is 0 Å². The first kappa shape index (κ1) is 13.9. The summed E-state index contributed by atoms with van der Waals surface area (Å²) in [6.45, 7) is 1.13. The van der Waals surface area contributed by atoms with E-state index in [9.17, 15) is 19.5 Å². The molecular formula is C11H13NO6S. The minimum Gasteiger partial charge on any atom is -0.477 e. The molecule has 2 unspecified atom stereocenters. The number of β-lactam (4-membered cyclic amide) rings is 1. The van der Waals surface area contributed by atoms with Crippen LogP contribution in [0.1, 0.15) is 6.92 Å². The van der Waals surface area contributed by atoms with Gasteiger partial charge in [0.05, 0.1) is 0 Å². The van der Waals surface area contributed by atoms with Crippen molar-refractivity contribution in [3.8, 4) is 0 Å². The van der Waals surface area contributed by atoms with E-state index in [-0.39, 0.29) is 23.6 Å². The molecule has 2 heterocycles. The van der Waals surface area contributed by atoms with Gasteiger partial charge in [0.1, 0.15) is 17.7 Å². The maximum atomic E-state index is 11.8. The zero-order valence-electron chi connectivity index (χ0n) is 10.4. The Labute approximate surface area is 113 Å². The Balaban J connectivity index is 2.25. The third-order valence-corrected chi connectivity index (χ3v) is 4.22. The first-order chi connectivity index (χ1) is 8.97. The number of carboxylic acid groups (broad SMARTS) is 1. The van der Waals surface area contributed by atoms with E-state index in [0.717, 1.165) is 0 Å². The van der Waals surface area contributed by atoms with Crippen molar-refractivity contribution < 1.29 is 29.0 Å². The fraction of sp³-hybridized carbons (Fsp3) is 0.545. The number of hydrogen-bond acceptors (Lipinski definition) is 6. The third-order valence-electron chi connectivity index (χ3n) is 2.90. The predicted molar refractivity (Wildman–Crippen MR) is 65.2 cm³/mol. The average Bonchev–Trinajstić information content (AvgIpc) is 2.35. The number of rotatable bonds is 4. The molecule has 1 saturated heterocycles. The Kier molecular flexibility index (Phi) is 3.81. The molecule has 0 spiro atoms. The highest BCUT2D eigenvalue weighted by atomic mass is 32.2. The number of ether oxygens (including phenoxy) is 2. The van der Waals surface area contributed by atoms with Gasteiger partial charge in [0.2, 0.25) is 0 Å². The van der Waals surface area contributed by atoms with Crippen LogP contribution in [0.25, 0.3) is 0 Å². The number of hydrogen-bond donors (Lipinski definition) is 1. The van der Waals surface area contributed by atoms with E-state index in [0.29, 0.717) is 11.3 Å². The Morgan fingerprint density at radius 1 is 1.53 bits per heavy atom. The molecule has 2 aliphatic heterocycles. The molecule has 8 heteroatoms. The molecule has 0 aromatic rings. The van der Waals surface area contributed by atoms with Crippen molar-refractivity contribution in [3.63, 3.8) is 0 Å². The molecule has 2 rings (SSSR count). The number of fused-ring (bicyclic) bond motifs is 1. The van der Waals surface area contributed by atoms with Crippen LogP contribution in [0.15, 0.2) is 11.3 Å². The molecule has 0 bridgehead atoms. The molecule has 0 aliphatic carbocycles. The van der Waals surface area contributed by atoms with Gasteiger partial charge >= 0.3 is 11.9 Å². The van der Waals surface area contributed by atoms with Crippen LogP contribution in [-0.2, 0) is 23.9 Å². The SMILES string of the molecule is COC1C(=O)N2C(C(=O)O)=C(COC(C)=O)CSC12. The lowest BCUT2D eigenvalue weighted by Gasteiger charge is -2.48. The van der Waals surface area contributed by atoms with Crippen LogP contribution in [0, 0.1) is 0 Å². The van der Waals surface area contributed by atoms with Crippen molar-refractivity contribution in [1.82, 2.24) is 4.90 Å². The van der Waals surface area contributed by atoms with Crippen LogP contribution in [0.5, 0.6) is 0 Å². The number of thioether (sulfide) groups is 1. The van der Waals surface area contributed by atoms with Crippen molar-refractivity contribution in [3.05, 3.63) is 11.3 Å². The fourth-order valence-corrected chi connectivity index (χ4v) is 3.38. The highest BCUT2D eigenvalue weighted by Gasteiger charge is 2.54. The van der Waals surface area contributed by atoms with E-state index in [4.69, 9.17) is 9.47 Å². The number of nitrogens with zero attached hydrogens (tertiary/aromatic N) is 1. The molecule has 0 saturated carbocycles. The summed E-state index contributed by atoms with van der Waals surface area (Å²) in [4.78, 5) is 35.1. The van der Waals surface area contributed by atoms with Crippen LogP contribution >= 0.6 is 11.8 Å². The maximum absolute atomic E-state index is 11.8. The molecule has 2 aliphatic rings. The normalized spacial score (nSPS) is 25.8. The molecule has 0 aromatic heterocycles. The number of methoxy groups -OCH3 is 1. The van der Waals surface area contributed by atoms with Crippen LogP contribution in [0.2, 0.25) is 0 Å². The molecule has 7 nitrogen and oxygen atoms in total. The second-order valence-electron chi connectivity index (χ2n) is 4.10. The number of aliphatic carboxylic acids is 1. The lowest BCUT2D eigenvalue weighted by Crippen LogP contribution is -2.65. The Hall–Kier alpha value is -1.54. The van der Waals surface area contributed by atoms with Crippen molar-refractivity contribution in [2.24, 2.45) is 0 Å². The van der Waals surface area contributed by atoms with Gasteiger partial charge in [-0.15, -0.1) is 11.8 Å². The van der Waals surface area contributed by atoms with Crippen LogP contribution in [0.4, 0.5) is 0 Å². The molecule has 2 atom stereocenters. The summed E-state index contributed by atoms with van der Waals surface area (Å²) in [6.07, 6.45) is -0.602. The van der Waals surface area contributed by atoms with Gasteiger partial charge < -0.3 is 14.6 Å². The predicted octanol–water partition coefficient (Wildman–Crippen LogP) is -0.182. The Morgan fingerprint density at radius 3 is 2.74 bits per heavy atom. The molecular weight excluding hydrogens is 274 g/mol. The smallest absolute Gasteiger partial charge is 0.352 e. The molecule has 104 valence electrons. The Morgan fingerprint density at radius 2 is 2.21 bits per heavy atom. The molecule has 0 radical (unpaired) electrons. The van der Waals surface area contributed by atoms with Gasteiger partial charge in [-0.25, -0.2) is 4.79 Å². The molecule has 0 aromatic carbocycles. The van der Waals surface area contributed by atoms with E-state index in [1.807, 2.05) is 0 Å². The zero-order valence-corrected chi connectivity index (χ0v) is 11.2. The summed E-state index contributed by atoms with van der Waals surface area (Å²) < 4.78 is 9.83. The monoisotopic (exact) mass is 287 g/mol. The van der Waals surface area contributed by atoms with Crippen molar-refractivity contribution >= 4 is 29.6 Å². The third kappa shape index (κ3) is 2.33. The standard InChI is InChI=1S/C11H13NO6S/c1-5(13)18-3-6-4-19-10-8(17-2)9(14)12(10)7(6)11(15)16/h8,10H,3-4H2,1-2H3,(H,15,16). The summed E-state index contributed by atoms with van der Waals surface area (Å²) >= 11 is 1.40. The van der Waals surface area contributed by atoms with Gasteiger partial charge in [0, 0.05) is 25.4 Å². The first-order valence-electron chi connectivity index (χ1n) is 5.53. The van der Waals surface area contributed by atoms with Gasteiger partial charge in [-0.2, -0.15) is 0 Å². The van der Waals surface area contributed by atoms with E-state index in [1.54, 1.807) is 0 Å². The number of carbonyl (C=O) groups is 3. The fourth-order valence-electron chi connectivity index (χ4n) is 2.03. The molecule has 19 heavy (non-hydrogen) atoms. The lowest BCUT2D eigenvalue weighted by molar-refractivity contribution is -0.162. The number of esters is 1. The summed E-state index contributed by atoms with van der Waals surface area (Å²) in [5, 5.41) is 8.92. The number of carboxylic acids is 1. The molecule has 1 fully saturated rings. The van der Waals surface area contributed by atoms with Crippen LogP contribution < -0.4 is 0 Å². The van der Waals surface area contributed by atoms with E-state index >= 15 is 0 Å². The minimum atomic E-state index is -1.20. The summed E-state index contributed by atoms with van der Waals surface area (Å²) in [5.41, 5.74) is 0.329. The highest BCUT2D eigenvalue weighted by Crippen LogP contribution is 2.41. The van der Waals surface area contributed by atoms with Crippen LogP contribution in [-0.4, -0.2) is 58.8 Å². The minimum absolute atomic E-state index is 0.0942. The second kappa shape index (κ2) is 5.22. The van der Waals surface area contributed by atoms with Crippen LogP contribution in [0.3, 0.4) is 0 Å². The van der Waals surface area contributed by atoms with Gasteiger partial charge in [0.15, 0.2) is 6.10 Å². The second-order valence-corrected chi connectivity index (χ2v) is 5.21. The maximum Gasteiger partial charge on any atom is 0.352 e. The quantitative estimate of drug-likeness (QED) is 0.566. The van der Waals surface area contributed by atoms with E-state index in [2.05, 4.69) is 0 Å². The van der Waals surface area contributed by atoms with Gasteiger partial charge in [-0.3, -0.25) is 14.5 Å². The topological polar surface area (TPSA) is 93.1 Å². The zero-order chi connectivity index (χ0) is 14.2. The van der Waals surface area contributed by atoms with Crippen molar-refractivity contribution in [1.29, 1.82) is 0 Å². The largest absolute Gasteiger partial charge is 0.477 e. The van der Waals surface area contributed by atoms with E-state index in [1.165, 1.54) is 30.7 Å². The average molecular weight is 287 g/mol. The first-order valence-corrected chi connectivity index (χ1v) is 6.58. The number of amides is 1. The van der Waals surface area contributed by atoms with Gasteiger partial charge in [0.25, 0.3) is 5.91 Å². The number of carbonyl (C=O) groups excluding carboxylic acids is 2. The van der Waals surface area contributed by atoms with Gasteiger partial charge in [-0.05, 0) is 0 Å². The Bertz CT molecular complexity index is 474.